The Bertz CT molecular complexity index is 451. The number of nitrogens with one attached hydrogen (secondary N) is 1. The molecule has 0 aliphatic carbocycles. The Hall–Kier alpha value is -1.55. The monoisotopic (exact) mass is 231 g/mol. The van der Waals surface area contributed by atoms with Gasteiger partial charge < -0.3 is 0 Å². The molecule has 0 aliphatic rings. The van der Waals surface area contributed by atoms with Crippen LogP contribution in [0.15, 0.2) is 41.3 Å². The molecule has 4 heteroatoms. The van der Waals surface area contributed by atoms with Gasteiger partial charge in [-0.2, -0.15) is 0 Å². The SMILES string of the molecule is Cc1cc(C)nc(NSc2ccccc2)n1. The lowest BCUT2D eigenvalue weighted by atomic mass is 10.4. The average Bonchev–Trinajstić information content (AvgIpc) is 2.27. The number of aryl methyl sites for hydroxylation is 2. The van der Waals surface area contributed by atoms with Crippen molar-refractivity contribution < 1.29 is 0 Å². The number of hydrogen-bond donors (Lipinski definition) is 1. The van der Waals surface area contributed by atoms with Gasteiger partial charge in [0.2, 0.25) is 5.95 Å². The van der Waals surface area contributed by atoms with E-state index >= 15 is 0 Å². The molecule has 2 aromatic rings. The molecule has 0 bridgehead atoms. The van der Waals surface area contributed by atoms with E-state index in [0.29, 0.717) is 5.95 Å². The van der Waals surface area contributed by atoms with E-state index in [-0.39, 0.29) is 0 Å². The molecule has 0 radical (unpaired) electrons. The van der Waals surface area contributed by atoms with Crippen LogP contribution < -0.4 is 4.72 Å². The van der Waals surface area contributed by atoms with Gasteiger partial charge in [-0.1, -0.05) is 18.2 Å². The normalized spacial score (nSPS) is 10.1. The Morgan fingerprint density at radius 1 is 1.00 bits per heavy atom. The van der Waals surface area contributed by atoms with Crippen LogP contribution in [0.25, 0.3) is 0 Å². The number of benzene rings is 1. The molecule has 0 fully saturated rings. The number of aromatic nitrogens is 2. The zero-order chi connectivity index (χ0) is 11.4. The first-order valence-electron chi connectivity index (χ1n) is 5.04. The average molecular weight is 231 g/mol. The van der Waals surface area contributed by atoms with Crippen LogP contribution in [0.1, 0.15) is 11.4 Å². The van der Waals surface area contributed by atoms with Crippen molar-refractivity contribution in [3.63, 3.8) is 0 Å². The summed E-state index contributed by atoms with van der Waals surface area (Å²) in [5, 5.41) is 0. The van der Waals surface area contributed by atoms with Crippen LogP contribution in [-0.2, 0) is 0 Å². The van der Waals surface area contributed by atoms with Gasteiger partial charge in [0.1, 0.15) is 0 Å². The summed E-state index contributed by atoms with van der Waals surface area (Å²) < 4.78 is 3.14. The van der Waals surface area contributed by atoms with Crippen molar-refractivity contribution in [3.8, 4) is 0 Å². The van der Waals surface area contributed by atoms with Crippen molar-refractivity contribution in [2.45, 2.75) is 18.7 Å². The molecule has 82 valence electrons. The second kappa shape index (κ2) is 4.99. The Kier molecular flexibility index (Phi) is 3.41. The molecule has 1 heterocycles. The van der Waals surface area contributed by atoms with E-state index in [1.165, 1.54) is 11.9 Å². The zero-order valence-corrected chi connectivity index (χ0v) is 10.1. The third kappa shape index (κ3) is 2.97. The maximum atomic E-state index is 4.31. The van der Waals surface area contributed by atoms with E-state index < -0.39 is 0 Å². The summed E-state index contributed by atoms with van der Waals surface area (Å²) in [6.07, 6.45) is 0. The Morgan fingerprint density at radius 2 is 1.62 bits per heavy atom. The lowest BCUT2D eigenvalue weighted by Crippen LogP contribution is -1.97. The fourth-order valence-electron chi connectivity index (χ4n) is 1.36. The Labute approximate surface area is 99.5 Å². The molecule has 2 rings (SSSR count). The van der Waals surface area contributed by atoms with E-state index in [1.54, 1.807) is 0 Å². The molecule has 0 unspecified atom stereocenters. The van der Waals surface area contributed by atoms with Crippen molar-refractivity contribution in [1.29, 1.82) is 0 Å². The van der Waals surface area contributed by atoms with Gasteiger partial charge in [0, 0.05) is 16.3 Å². The van der Waals surface area contributed by atoms with Crippen molar-refractivity contribution in [3.05, 3.63) is 47.8 Å². The summed E-state index contributed by atoms with van der Waals surface area (Å²) in [4.78, 5) is 9.76. The van der Waals surface area contributed by atoms with E-state index in [9.17, 15) is 0 Å². The fourth-order valence-corrected chi connectivity index (χ4v) is 1.96. The molecular weight excluding hydrogens is 218 g/mol. The van der Waals surface area contributed by atoms with Crippen molar-refractivity contribution in [1.82, 2.24) is 9.97 Å². The second-order valence-electron chi connectivity index (χ2n) is 3.49. The molecule has 0 saturated heterocycles. The number of nitrogens with zero attached hydrogens (tertiary/aromatic N) is 2. The van der Waals surface area contributed by atoms with Crippen molar-refractivity contribution in [2.24, 2.45) is 0 Å². The van der Waals surface area contributed by atoms with Gasteiger partial charge in [-0.15, -0.1) is 0 Å². The van der Waals surface area contributed by atoms with Crippen molar-refractivity contribution in [2.75, 3.05) is 4.72 Å². The molecule has 0 aliphatic heterocycles. The fraction of sp³-hybridized carbons (Fsp3) is 0.167. The molecule has 16 heavy (non-hydrogen) atoms. The molecular formula is C12H13N3S. The third-order valence-corrected chi connectivity index (χ3v) is 2.78. The van der Waals surface area contributed by atoms with Crippen LogP contribution >= 0.6 is 11.9 Å². The molecule has 0 atom stereocenters. The van der Waals surface area contributed by atoms with Gasteiger partial charge in [-0.25, -0.2) is 9.97 Å². The highest BCUT2D eigenvalue weighted by atomic mass is 32.2. The van der Waals surface area contributed by atoms with Gasteiger partial charge in [0.15, 0.2) is 0 Å². The first-order valence-corrected chi connectivity index (χ1v) is 5.86. The Morgan fingerprint density at radius 3 is 2.25 bits per heavy atom. The zero-order valence-electron chi connectivity index (χ0n) is 9.27. The van der Waals surface area contributed by atoms with Crippen LogP contribution in [0.4, 0.5) is 5.95 Å². The minimum Gasteiger partial charge on any atom is -0.294 e. The number of hydrogen-bond acceptors (Lipinski definition) is 4. The predicted octanol–water partition coefficient (Wildman–Crippen LogP) is 3.21. The summed E-state index contributed by atoms with van der Waals surface area (Å²) in [7, 11) is 0. The van der Waals surface area contributed by atoms with Gasteiger partial charge in [-0.3, -0.25) is 4.72 Å². The van der Waals surface area contributed by atoms with Crippen LogP contribution in [0, 0.1) is 13.8 Å². The van der Waals surface area contributed by atoms with Crippen LogP contribution in [0.5, 0.6) is 0 Å². The highest BCUT2D eigenvalue weighted by molar-refractivity contribution is 8.00. The molecule has 1 aromatic heterocycles. The van der Waals surface area contributed by atoms with Crippen LogP contribution in [0.2, 0.25) is 0 Å². The van der Waals surface area contributed by atoms with Crippen LogP contribution in [-0.4, -0.2) is 9.97 Å². The topological polar surface area (TPSA) is 37.8 Å². The summed E-state index contributed by atoms with van der Waals surface area (Å²) in [5.41, 5.74) is 1.95. The first kappa shape index (κ1) is 11.0. The van der Waals surface area contributed by atoms with Gasteiger partial charge in [0.25, 0.3) is 0 Å². The smallest absolute Gasteiger partial charge is 0.233 e. The third-order valence-electron chi connectivity index (χ3n) is 1.99. The quantitative estimate of drug-likeness (QED) is 0.823. The lowest BCUT2D eigenvalue weighted by Gasteiger charge is -2.05. The molecule has 0 amide bonds. The van der Waals surface area contributed by atoms with E-state index in [0.717, 1.165) is 16.3 Å². The van der Waals surface area contributed by atoms with Gasteiger partial charge >= 0.3 is 0 Å². The van der Waals surface area contributed by atoms with Crippen molar-refractivity contribution >= 4 is 17.9 Å². The maximum absolute atomic E-state index is 4.31. The van der Waals surface area contributed by atoms with Gasteiger partial charge in [0.05, 0.1) is 0 Å². The van der Waals surface area contributed by atoms with Crippen LogP contribution in [0.3, 0.4) is 0 Å². The molecule has 0 saturated carbocycles. The molecule has 1 N–H and O–H groups in total. The standard InChI is InChI=1S/C12H13N3S/c1-9-8-10(2)14-12(13-9)15-16-11-6-4-3-5-7-11/h3-8H,1-2H3,(H,13,14,15). The predicted molar refractivity (Wildman–Crippen MR) is 67.4 cm³/mol. The van der Waals surface area contributed by atoms with Gasteiger partial charge in [-0.05, 0) is 44.0 Å². The summed E-state index contributed by atoms with van der Waals surface area (Å²) in [6.45, 7) is 3.93. The van der Waals surface area contributed by atoms with E-state index in [4.69, 9.17) is 0 Å². The largest absolute Gasteiger partial charge is 0.294 e. The molecule has 3 nitrogen and oxygen atoms in total. The summed E-state index contributed by atoms with van der Waals surface area (Å²) >= 11 is 1.52. The van der Waals surface area contributed by atoms with E-state index in [1.807, 2.05) is 50.2 Å². The highest BCUT2D eigenvalue weighted by Crippen LogP contribution is 2.18. The number of rotatable bonds is 3. The first-order chi connectivity index (χ1) is 7.74. The lowest BCUT2D eigenvalue weighted by molar-refractivity contribution is 1.07. The maximum Gasteiger partial charge on any atom is 0.233 e. The highest BCUT2D eigenvalue weighted by Gasteiger charge is 1.99. The minimum absolute atomic E-state index is 0.659. The Balaban J connectivity index is 2.05. The number of anilines is 1. The molecule has 0 spiro atoms. The molecule has 1 aromatic carbocycles. The summed E-state index contributed by atoms with van der Waals surface area (Å²) in [5.74, 6) is 0.659. The second-order valence-corrected chi connectivity index (χ2v) is 4.37. The van der Waals surface area contributed by atoms with E-state index in [2.05, 4.69) is 14.7 Å². The minimum atomic E-state index is 0.659. The summed E-state index contributed by atoms with van der Waals surface area (Å²) in [6, 6.07) is 12.1.